The third-order valence-electron chi connectivity index (χ3n) is 5.27. The fraction of sp³-hybridized carbons (Fsp3) is 0.556. The maximum atomic E-state index is 12.1. The van der Waals surface area contributed by atoms with Gasteiger partial charge in [0.15, 0.2) is 11.5 Å². The number of carbonyl (C=O) groups excluding carboxylic acids is 1. The molecule has 1 spiro atoms. The number of urea groups is 1. The molecular weight excluding hydrogens is 306 g/mol. The van der Waals surface area contributed by atoms with Gasteiger partial charge in [-0.3, -0.25) is 0 Å². The number of ether oxygens (including phenoxy) is 1. The van der Waals surface area contributed by atoms with E-state index in [4.69, 9.17) is 9.15 Å². The van der Waals surface area contributed by atoms with Crippen LogP contribution < -0.4 is 10.6 Å². The molecule has 1 aromatic heterocycles. The first kappa shape index (κ1) is 15.4. The molecule has 0 radical (unpaired) electrons. The largest absolute Gasteiger partial charge is 0.441 e. The number of nitrogens with one attached hydrogen (secondary N) is 2. The topological polar surface area (TPSA) is 76.4 Å². The number of oxazole rings is 1. The summed E-state index contributed by atoms with van der Waals surface area (Å²) in [7, 11) is 0. The lowest BCUT2D eigenvalue weighted by molar-refractivity contribution is 0.0547. The van der Waals surface area contributed by atoms with Gasteiger partial charge in [-0.1, -0.05) is 12.1 Å². The predicted molar refractivity (Wildman–Crippen MR) is 89.9 cm³/mol. The normalized spacial score (nSPS) is 21.8. The van der Waals surface area contributed by atoms with Gasteiger partial charge in [0.2, 0.25) is 0 Å². The van der Waals surface area contributed by atoms with Crippen molar-refractivity contribution < 1.29 is 13.9 Å². The third kappa shape index (κ3) is 2.98. The summed E-state index contributed by atoms with van der Waals surface area (Å²) in [4.78, 5) is 16.5. The molecule has 1 unspecified atom stereocenters. The van der Waals surface area contributed by atoms with E-state index in [0.29, 0.717) is 23.9 Å². The number of rotatable bonds is 4. The van der Waals surface area contributed by atoms with Gasteiger partial charge in [-0.25, -0.2) is 9.78 Å². The lowest BCUT2D eigenvalue weighted by Gasteiger charge is -2.22. The van der Waals surface area contributed by atoms with Gasteiger partial charge in [0, 0.05) is 32.7 Å². The van der Waals surface area contributed by atoms with Crippen molar-refractivity contribution in [2.24, 2.45) is 5.41 Å². The van der Waals surface area contributed by atoms with E-state index in [0.717, 1.165) is 55.6 Å². The van der Waals surface area contributed by atoms with Crippen molar-refractivity contribution >= 4 is 17.1 Å². The molecule has 6 heteroatoms. The Labute approximate surface area is 141 Å². The van der Waals surface area contributed by atoms with Gasteiger partial charge in [0.1, 0.15) is 5.52 Å². The molecule has 2 N–H and O–H groups in total. The zero-order valence-corrected chi connectivity index (χ0v) is 13.9. The molecule has 0 bridgehead atoms. The minimum atomic E-state index is -0.0770. The van der Waals surface area contributed by atoms with Crippen LogP contribution in [0.15, 0.2) is 22.6 Å². The summed E-state index contributed by atoms with van der Waals surface area (Å²) < 4.78 is 10.9. The SMILES string of the molecule is Cc1nc2c(CCNC(=O)NC3CC34CCOCC4)cccc2o1. The second-order valence-corrected chi connectivity index (χ2v) is 6.88. The van der Waals surface area contributed by atoms with Crippen LogP contribution >= 0.6 is 0 Å². The number of hydrogen-bond acceptors (Lipinski definition) is 4. The zero-order chi connectivity index (χ0) is 16.6. The highest BCUT2D eigenvalue weighted by atomic mass is 16.5. The summed E-state index contributed by atoms with van der Waals surface area (Å²) in [5, 5.41) is 6.06. The average Bonchev–Trinajstić information content (AvgIpc) is 3.03. The first-order valence-electron chi connectivity index (χ1n) is 8.63. The first-order valence-corrected chi connectivity index (χ1v) is 8.63. The maximum absolute atomic E-state index is 12.1. The molecule has 24 heavy (non-hydrogen) atoms. The standard InChI is InChI=1S/C18H23N3O3/c1-12-20-16-13(3-2-4-14(16)24-12)5-8-19-17(22)21-15-11-18(15)6-9-23-10-7-18/h2-4,15H,5-11H2,1H3,(H2,19,21,22). The molecule has 2 amide bonds. The predicted octanol–water partition coefficient (Wildman–Crippen LogP) is 2.55. The van der Waals surface area contributed by atoms with Crippen LogP contribution in [0, 0.1) is 12.3 Å². The van der Waals surface area contributed by atoms with E-state index in [9.17, 15) is 4.79 Å². The molecular formula is C18H23N3O3. The Balaban J connectivity index is 1.27. The number of aromatic nitrogens is 1. The number of fused-ring (bicyclic) bond motifs is 1. The van der Waals surface area contributed by atoms with Crippen molar-refractivity contribution in [2.75, 3.05) is 19.8 Å². The molecule has 128 valence electrons. The lowest BCUT2D eigenvalue weighted by atomic mass is 9.96. The molecule has 2 fully saturated rings. The van der Waals surface area contributed by atoms with Crippen LogP contribution in [-0.4, -0.2) is 36.8 Å². The van der Waals surface area contributed by atoms with Crippen molar-refractivity contribution in [2.45, 2.75) is 38.6 Å². The van der Waals surface area contributed by atoms with Crippen LogP contribution in [0.3, 0.4) is 0 Å². The number of hydrogen-bond donors (Lipinski definition) is 2. The molecule has 1 saturated heterocycles. The van der Waals surface area contributed by atoms with E-state index in [1.165, 1.54) is 0 Å². The lowest BCUT2D eigenvalue weighted by Crippen LogP contribution is -2.40. The molecule has 1 atom stereocenters. The smallest absolute Gasteiger partial charge is 0.315 e. The van der Waals surface area contributed by atoms with Crippen LogP contribution in [0.1, 0.15) is 30.7 Å². The summed E-state index contributed by atoms with van der Waals surface area (Å²) >= 11 is 0. The van der Waals surface area contributed by atoms with E-state index in [2.05, 4.69) is 15.6 Å². The van der Waals surface area contributed by atoms with Gasteiger partial charge >= 0.3 is 6.03 Å². The number of carbonyl (C=O) groups is 1. The van der Waals surface area contributed by atoms with Gasteiger partial charge in [-0.15, -0.1) is 0 Å². The molecule has 6 nitrogen and oxygen atoms in total. The number of para-hydroxylation sites is 1. The molecule has 2 heterocycles. The van der Waals surface area contributed by atoms with Gasteiger partial charge in [0.25, 0.3) is 0 Å². The van der Waals surface area contributed by atoms with Crippen molar-refractivity contribution in [3.63, 3.8) is 0 Å². The Kier molecular flexibility index (Phi) is 3.92. The third-order valence-corrected chi connectivity index (χ3v) is 5.27. The van der Waals surface area contributed by atoms with Crippen LogP contribution in [0.5, 0.6) is 0 Å². The van der Waals surface area contributed by atoms with E-state index in [-0.39, 0.29) is 6.03 Å². The maximum Gasteiger partial charge on any atom is 0.315 e. The number of nitrogens with zero attached hydrogens (tertiary/aromatic N) is 1. The quantitative estimate of drug-likeness (QED) is 0.904. The van der Waals surface area contributed by atoms with Gasteiger partial charge < -0.3 is 19.8 Å². The van der Waals surface area contributed by atoms with Crippen molar-refractivity contribution in [1.29, 1.82) is 0 Å². The van der Waals surface area contributed by atoms with Crippen LogP contribution in [0.4, 0.5) is 4.79 Å². The summed E-state index contributed by atoms with van der Waals surface area (Å²) in [5.41, 5.74) is 3.09. The Bertz CT molecular complexity index is 749. The summed E-state index contributed by atoms with van der Waals surface area (Å²) in [6, 6.07) is 6.14. The summed E-state index contributed by atoms with van der Waals surface area (Å²) in [6.07, 6.45) is 3.94. The second kappa shape index (κ2) is 6.09. The molecule has 4 rings (SSSR count). The fourth-order valence-corrected chi connectivity index (χ4v) is 3.72. The Morgan fingerprint density at radius 2 is 2.21 bits per heavy atom. The van der Waals surface area contributed by atoms with Gasteiger partial charge in [0.05, 0.1) is 0 Å². The highest BCUT2D eigenvalue weighted by Gasteiger charge is 2.54. The number of aryl methyl sites for hydroxylation is 1. The second-order valence-electron chi connectivity index (χ2n) is 6.88. The molecule has 1 aliphatic heterocycles. The minimum absolute atomic E-state index is 0.0770. The van der Waals surface area contributed by atoms with E-state index < -0.39 is 0 Å². The van der Waals surface area contributed by atoms with Crippen molar-refractivity contribution in [1.82, 2.24) is 15.6 Å². The molecule has 2 aliphatic rings. The molecule has 1 aliphatic carbocycles. The fourth-order valence-electron chi connectivity index (χ4n) is 3.72. The van der Waals surface area contributed by atoms with Crippen LogP contribution in [0.25, 0.3) is 11.1 Å². The Morgan fingerprint density at radius 1 is 1.38 bits per heavy atom. The van der Waals surface area contributed by atoms with Crippen LogP contribution in [0.2, 0.25) is 0 Å². The molecule has 1 aromatic carbocycles. The molecule has 1 saturated carbocycles. The van der Waals surface area contributed by atoms with Crippen LogP contribution in [-0.2, 0) is 11.2 Å². The van der Waals surface area contributed by atoms with Gasteiger partial charge in [-0.05, 0) is 42.7 Å². The number of amides is 2. The average molecular weight is 329 g/mol. The molecule has 2 aromatic rings. The van der Waals surface area contributed by atoms with E-state index in [1.54, 1.807) is 0 Å². The van der Waals surface area contributed by atoms with E-state index >= 15 is 0 Å². The first-order chi connectivity index (χ1) is 11.7. The van der Waals surface area contributed by atoms with E-state index in [1.807, 2.05) is 25.1 Å². The minimum Gasteiger partial charge on any atom is -0.441 e. The number of benzene rings is 1. The summed E-state index contributed by atoms with van der Waals surface area (Å²) in [6.45, 7) is 4.07. The van der Waals surface area contributed by atoms with Gasteiger partial charge in [-0.2, -0.15) is 0 Å². The van der Waals surface area contributed by atoms with Crippen molar-refractivity contribution in [3.05, 3.63) is 29.7 Å². The van der Waals surface area contributed by atoms with Crippen molar-refractivity contribution in [3.8, 4) is 0 Å². The Hall–Kier alpha value is -2.08. The Morgan fingerprint density at radius 3 is 3.04 bits per heavy atom. The highest BCUT2D eigenvalue weighted by Crippen LogP contribution is 2.53. The highest BCUT2D eigenvalue weighted by molar-refractivity contribution is 5.77. The summed E-state index contributed by atoms with van der Waals surface area (Å²) in [5.74, 6) is 0.665. The monoisotopic (exact) mass is 329 g/mol. The zero-order valence-electron chi connectivity index (χ0n) is 13.9.